The van der Waals surface area contributed by atoms with Crippen molar-refractivity contribution in [3.8, 4) is 0 Å². The quantitative estimate of drug-likeness (QED) is 0.237. The van der Waals surface area contributed by atoms with Gasteiger partial charge in [-0.15, -0.1) is 0 Å². The topological polar surface area (TPSA) is 66.4 Å². The van der Waals surface area contributed by atoms with Gasteiger partial charge in [0, 0.05) is 0 Å². The molecule has 0 aliphatic rings. The summed E-state index contributed by atoms with van der Waals surface area (Å²) in [5.41, 5.74) is 0. The molecule has 0 spiro atoms. The molecule has 0 radical (unpaired) electrons. The number of unbranched alkanes of at least 4 members (excludes halogenated alkanes) is 6. The molecule has 0 bridgehead atoms. The van der Waals surface area contributed by atoms with E-state index in [-0.39, 0.29) is 58.0 Å². The van der Waals surface area contributed by atoms with Crippen molar-refractivity contribution in [2.75, 3.05) is 6.61 Å². The van der Waals surface area contributed by atoms with E-state index in [2.05, 4.69) is 11.1 Å². The summed E-state index contributed by atoms with van der Waals surface area (Å²) in [6.45, 7) is 2.19. The van der Waals surface area contributed by atoms with Crippen LogP contribution in [0, 0.1) is 0 Å². The molecule has 6 heteroatoms. The molecule has 86 valence electrons. The van der Waals surface area contributed by atoms with Crippen molar-refractivity contribution in [2.24, 2.45) is 0 Å². The third-order valence-electron chi connectivity index (χ3n) is 1.98. The second-order valence-electron chi connectivity index (χ2n) is 3.35. The zero-order chi connectivity index (χ0) is 10.9. The molecular weight excluding hydrogens is 243 g/mol. The third-order valence-corrected chi connectivity index (χ3v) is 2.43. The first-order valence-electron chi connectivity index (χ1n) is 5.16. The summed E-state index contributed by atoms with van der Waals surface area (Å²) >= 11 is 0. The minimum atomic E-state index is -4.48. The molecule has 4 nitrogen and oxygen atoms in total. The summed E-state index contributed by atoms with van der Waals surface area (Å²) in [6, 6.07) is 0. The first-order valence-corrected chi connectivity index (χ1v) is 6.50. The monoisotopic (exact) mass is 262 g/mol. The van der Waals surface area contributed by atoms with Gasteiger partial charge in [0.25, 0.3) is 0 Å². The van der Waals surface area contributed by atoms with Crippen LogP contribution in [0.2, 0.25) is 0 Å². The molecule has 0 fully saturated rings. The average Bonchev–Trinajstić information content (AvgIpc) is 2.08. The molecule has 0 atom stereocenters. The zero-order valence-electron chi connectivity index (χ0n) is 9.70. The Balaban J connectivity index is 0. The largest absolute Gasteiger partial charge is 1.00 e. The van der Waals surface area contributed by atoms with Crippen molar-refractivity contribution in [3.05, 3.63) is 0 Å². The van der Waals surface area contributed by atoms with Gasteiger partial charge in [0.1, 0.15) is 0 Å². The van der Waals surface area contributed by atoms with E-state index in [1.807, 2.05) is 0 Å². The van der Waals surface area contributed by atoms with Crippen LogP contribution < -0.4 is 51.4 Å². The van der Waals surface area contributed by atoms with Gasteiger partial charge in [-0.05, 0) is 6.42 Å². The molecule has 0 aliphatic carbocycles. The van der Waals surface area contributed by atoms with Crippen LogP contribution in [0.25, 0.3) is 0 Å². The maximum Gasteiger partial charge on any atom is 1.00 e. The molecule has 0 amide bonds. The van der Waals surface area contributed by atoms with E-state index < -0.39 is 10.4 Å². The van der Waals surface area contributed by atoms with E-state index in [9.17, 15) is 13.0 Å². The van der Waals surface area contributed by atoms with Crippen molar-refractivity contribution in [1.82, 2.24) is 0 Å². The summed E-state index contributed by atoms with van der Waals surface area (Å²) in [5.74, 6) is 0. The van der Waals surface area contributed by atoms with Gasteiger partial charge in [-0.2, -0.15) is 0 Å². The summed E-state index contributed by atoms with van der Waals surface area (Å²) in [4.78, 5) is 0. The van der Waals surface area contributed by atoms with E-state index >= 15 is 0 Å². The van der Waals surface area contributed by atoms with Gasteiger partial charge in [0.15, 0.2) is 0 Å². The maximum atomic E-state index is 10.0. The van der Waals surface area contributed by atoms with Gasteiger partial charge in [-0.25, -0.2) is 8.42 Å². The van der Waals surface area contributed by atoms with Crippen molar-refractivity contribution < 1.29 is 68.5 Å². The van der Waals surface area contributed by atoms with Crippen LogP contribution in [0.1, 0.15) is 51.9 Å². The van der Waals surface area contributed by atoms with Crippen LogP contribution in [0.5, 0.6) is 0 Å². The Labute approximate surface area is 136 Å². The molecule has 0 heterocycles. The molecule has 15 heavy (non-hydrogen) atoms. The Morgan fingerprint density at radius 1 is 1.00 bits per heavy atom. The van der Waals surface area contributed by atoms with E-state index in [1.165, 1.54) is 25.7 Å². The molecule has 0 N–H and O–H groups in total. The smallest absolute Gasteiger partial charge is 0.726 e. The van der Waals surface area contributed by atoms with Gasteiger partial charge >= 0.3 is 51.4 Å². The van der Waals surface area contributed by atoms with Gasteiger partial charge in [-0.3, -0.25) is 4.18 Å². The Hall–Kier alpha value is 1.51. The molecule has 0 unspecified atom stereocenters. The molecule has 0 rings (SSSR count). The van der Waals surface area contributed by atoms with Crippen LogP contribution in [0.15, 0.2) is 0 Å². The van der Waals surface area contributed by atoms with Crippen LogP contribution in [-0.4, -0.2) is 19.6 Å². The Bertz CT molecular complexity index is 216. The summed E-state index contributed by atoms with van der Waals surface area (Å²) in [6.07, 6.45) is 7.55. The normalized spacial score (nSPS) is 11.1. The Morgan fingerprint density at radius 3 is 1.93 bits per heavy atom. The molecule has 0 saturated carbocycles. The van der Waals surface area contributed by atoms with E-state index in [0.29, 0.717) is 6.42 Å². The van der Waals surface area contributed by atoms with Crippen LogP contribution >= 0.6 is 0 Å². The SMILES string of the molecule is CCCCCCCCCOS(=O)(=O)[O-].[K+]. The second kappa shape index (κ2) is 12.0. The molecule has 0 aromatic carbocycles. The third kappa shape index (κ3) is 18.1. The van der Waals surface area contributed by atoms with E-state index in [1.54, 1.807) is 0 Å². The number of rotatable bonds is 9. The molecular formula is C9H19KO4S. The fourth-order valence-electron chi connectivity index (χ4n) is 1.22. The predicted octanol–water partition coefficient (Wildman–Crippen LogP) is -0.782. The molecule has 0 saturated heterocycles. The predicted molar refractivity (Wildman–Crippen MR) is 53.6 cm³/mol. The van der Waals surface area contributed by atoms with Crippen molar-refractivity contribution >= 4 is 10.4 Å². The first-order chi connectivity index (χ1) is 6.56. The minimum Gasteiger partial charge on any atom is -0.726 e. The van der Waals surface area contributed by atoms with Crippen molar-refractivity contribution in [1.29, 1.82) is 0 Å². The Morgan fingerprint density at radius 2 is 1.47 bits per heavy atom. The van der Waals surface area contributed by atoms with Crippen LogP contribution in [0.4, 0.5) is 0 Å². The molecule has 0 aromatic rings. The zero-order valence-corrected chi connectivity index (χ0v) is 13.6. The standard InChI is InChI=1S/C9H20O4S.K/c1-2-3-4-5-6-7-8-9-13-14(10,11)12;/h2-9H2,1H3,(H,10,11,12);/q;+1/p-1. The fourth-order valence-corrected chi connectivity index (χ4v) is 1.54. The van der Waals surface area contributed by atoms with Gasteiger partial charge < -0.3 is 4.55 Å². The van der Waals surface area contributed by atoms with Crippen LogP contribution in [0.3, 0.4) is 0 Å². The van der Waals surface area contributed by atoms with Crippen molar-refractivity contribution in [3.63, 3.8) is 0 Å². The second-order valence-corrected chi connectivity index (χ2v) is 4.40. The molecule has 0 aromatic heterocycles. The Kier molecular flexibility index (Phi) is 15.1. The molecule has 0 aliphatic heterocycles. The van der Waals surface area contributed by atoms with E-state index in [0.717, 1.165) is 12.8 Å². The van der Waals surface area contributed by atoms with Gasteiger partial charge in [0.05, 0.1) is 6.61 Å². The summed E-state index contributed by atoms with van der Waals surface area (Å²) in [5, 5.41) is 0. The number of hydrogen-bond donors (Lipinski definition) is 0. The van der Waals surface area contributed by atoms with E-state index in [4.69, 9.17) is 0 Å². The van der Waals surface area contributed by atoms with Gasteiger partial charge in [-0.1, -0.05) is 45.4 Å². The summed E-state index contributed by atoms with van der Waals surface area (Å²) < 4.78 is 34.2. The van der Waals surface area contributed by atoms with Crippen molar-refractivity contribution in [2.45, 2.75) is 51.9 Å². The fraction of sp³-hybridized carbons (Fsp3) is 1.00. The maximum absolute atomic E-state index is 10.0. The average molecular weight is 262 g/mol. The van der Waals surface area contributed by atoms with Crippen LogP contribution in [-0.2, 0) is 14.6 Å². The first kappa shape index (κ1) is 18.9. The minimum absolute atomic E-state index is 0. The summed E-state index contributed by atoms with van der Waals surface area (Å²) in [7, 11) is -4.48. The van der Waals surface area contributed by atoms with Gasteiger partial charge in [0.2, 0.25) is 10.4 Å². The number of hydrogen-bond acceptors (Lipinski definition) is 4.